The highest BCUT2D eigenvalue weighted by atomic mass is 32.1. The minimum atomic E-state index is -0.479. The lowest BCUT2D eigenvalue weighted by Crippen LogP contribution is -2.10. The molecule has 2 rings (SSSR count). The van der Waals surface area contributed by atoms with Crippen molar-refractivity contribution in [1.29, 1.82) is 0 Å². The summed E-state index contributed by atoms with van der Waals surface area (Å²) in [5.41, 5.74) is -0.140. The number of thiazole rings is 1. The lowest BCUT2D eigenvalue weighted by atomic mass is 10.4. The Hall–Kier alpha value is -2.29. The third-order valence-electron chi connectivity index (χ3n) is 2.62. The molecule has 8 nitrogen and oxygen atoms in total. The van der Waals surface area contributed by atoms with Crippen LogP contribution in [0.2, 0.25) is 0 Å². The molecule has 0 radical (unpaired) electrons. The zero-order valence-electron chi connectivity index (χ0n) is 11.8. The zero-order chi connectivity index (χ0) is 15.2. The highest BCUT2D eigenvalue weighted by Gasteiger charge is 2.22. The number of aromatic nitrogens is 3. The van der Waals surface area contributed by atoms with E-state index in [1.807, 2.05) is 13.8 Å². The van der Waals surface area contributed by atoms with Crippen LogP contribution >= 0.6 is 11.3 Å². The van der Waals surface area contributed by atoms with Gasteiger partial charge < -0.3 is 10.6 Å². The molecule has 0 amide bonds. The van der Waals surface area contributed by atoms with Crippen LogP contribution in [0.5, 0.6) is 0 Å². The second-order valence-corrected chi connectivity index (χ2v) is 5.64. The fourth-order valence-electron chi connectivity index (χ4n) is 1.70. The molecule has 2 aromatic rings. The second-order valence-electron chi connectivity index (χ2n) is 4.32. The van der Waals surface area contributed by atoms with Crippen molar-refractivity contribution in [3.63, 3.8) is 0 Å². The lowest BCUT2D eigenvalue weighted by molar-refractivity contribution is -0.383. The summed E-state index contributed by atoms with van der Waals surface area (Å²) in [6.07, 6.45) is 3.92. The number of rotatable bonds is 7. The molecule has 0 spiro atoms. The van der Waals surface area contributed by atoms with Gasteiger partial charge in [0, 0.05) is 17.6 Å². The van der Waals surface area contributed by atoms with Crippen LogP contribution in [-0.4, -0.2) is 26.4 Å². The van der Waals surface area contributed by atoms with Gasteiger partial charge in [-0.05, 0) is 13.3 Å². The summed E-state index contributed by atoms with van der Waals surface area (Å²) in [6.45, 7) is 4.94. The Labute approximate surface area is 125 Å². The van der Waals surface area contributed by atoms with Crippen molar-refractivity contribution in [2.24, 2.45) is 0 Å². The summed E-state index contributed by atoms with van der Waals surface area (Å²) in [5.74, 6) is 0.427. The minimum absolute atomic E-state index is 0.140. The van der Waals surface area contributed by atoms with E-state index in [-0.39, 0.29) is 17.3 Å². The molecule has 2 N–H and O–H groups in total. The monoisotopic (exact) mass is 308 g/mol. The number of hydrogen-bond acceptors (Lipinski definition) is 8. The van der Waals surface area contributed by atoms with E-state index in [1.54, 1.807) is 6.20 Å². The van der Waals surface area contributed by atoms with Crippen molar-refractivity contribution < 1.29 is 4.92 Å². The first-order chi connectivity index (χ1) is 10.1. The summed E-state index contributed by atoms with van der Waals surface area (Å²) in [7, 11) is 0. The Balaban J connectivity index is 2.19. The third kappa shape index (κ3) is 3.85. The van der Waals surface area contributed by atoms with E-state index in [1.165, 1.54) is 17.7 Å². The van der Waals surface area contributed by atoms with Gasteiger partial charge in [0.2, 0.25) is 11.6 Å². The van der Waals surface area contributed by atoms with Gasteiger partial charge >= 0.3 is 5.69 Å². The predicted octanol–water partition coefficient (Wildman–Crippen LogP) is 2.58. The van der Waals surface area contributed by atoms with Crippen molar-refractivity contribution in [3.05, 3.63) is 32.5 Å². The molecule has 0 aliphatic rings. The second kappa shape index (κ2) is 6.93. The zero-order valence-corrected chi connectivity index (χ0v) is 12.6. The third-order valence-corrected chi connectivity index (χ3v) is 3.54. The molecule has 0 saturated heterocycles. The van der Waals surface area contributed by atoms with Crippen molar-refractivity contribution >= 4 is 28.7 Å². The largest absolute Gasteiger partial charge is 0.364 e. The summed E-state index contributed by atoms with van der Waals surface area (Å²) in [4.78, 5) is 24.0. The van der Waals surface area contributed by atoms with E-state index >= 15 is 0 Å². The molecule has 112 valence electrons. The first-order valence-corrected chi connectivity index (χ1v) is 7.32. The number of nitrogens with zero attached hydrogens (tertiary/aromatic N) is 4. The molecule has 0 bridgehead atoms. The van der Waals surface area contributed by atoms with Crippen LogP contribution in [0.1, 0.15) is 23.2 Å². The summed E-state index contributed by atoms with van der Waals surface area (Å²) in [6, 6.07) is 0. The predicted molar refractivity (Wildman–Crippen MR) is 81.6 cm³/mol. The molecular formula is C12H16N6O2S. The van der Waals surface area contributed by atoms with Crippen LogP contribution < -0.4 is 10.6 Å². The maximum atomic E-state index is 11.3. The van der Waals surface area contributed by atoms with Gasteiger partial charge in [-0.1, -0.05) is 6.92 Å². The average Bonchev–Trinajstić information content (AvgIpc) is 2.88. The molecular weight excluding hydrogens is 292 g/mol. The van der Waals surface area contributed by atoms with Crippen molar-refractivity contribution in [2.75, 3.05) is 17.2 Å². The molecule has 0 aliphatic carbocycles. The Kier molecular flexibility index (Phi) is 4.99. The van der Waals surface area contributed by atoms with E-state index in [0.29, 0.717) is 13.1 Å². The van der Waals surface area contributed by atoms with E-state index in [4.69, 9.17) is 0 Å². The minimum Gasteiger partial charge on any atom is -0.364 e. The maximum absolute atomic E-state index is 11.3. The number of hydrogen-bond donors (Lipinski definition) is 2. The van der Waals surface area contributed by atoms with Gasteiger partial charge in [-0.15, -0.1) is 11.3 Å². The van der Waals surface area contributed by atoms with Gasteiger partial charge in [0.25, 0.3) is 0 Å². The molecule has 0 aromatic carbocycles. The van der Waals surface area contributed by atoms with Crippen LogP contribution in [0.15, 0.2) is 12.5 Å². The van der Waals surface area contributed by atoms with Gasteiger partial charge in [0.1, 0.15) is 11.3 Å². The fourth-order valence-corrected chi connectivity index (χ4v) is 2.42. The van der Waals surface area contributed by atoms with E-state index in [9.17, 15) is 10.1 Å². The highest BCUT2D eigenvalue weighted by molar-refractivity contribution is 7.11. The van der Waals surface area contributed by atoms with Crippen LogP contribution in [0.3, 0.4) is 0 Å². The van der Waals surface area contributed by atoms with Crippen LogP contribution in [-0.2, 0) is 6.54 Å². The molecule has 2 heterocycles. The molecule has 0 atom stereocenters. The van der Waals surface area contributed by atoms with E-state index in [2.05, 4.69) is 25.6 Å². The van der Waals surface area contributed by atoms with Crippen molar-refractivity contribution in [3.8, 4) is 0 Å². The number of nitro groups is 1. The van der Waals surface area contributed by atoms with Crippen LogP contribution in [0.25, 0.3) is 0 Å². The van der Waals surface area contributed by atoms with E-state index in [0.717, 1.165) is 16.3 Å². The molecule has 0 fully saturated rings. The Morgan fingerprint density at radius 2 is 2.00 bits per heavy atom. The highest BCUT2D eigenvalue weighted by Crippen LogP contribution is 2.29. The van der Waals surface area contributed by atoms with Gasteiger partial charge in [0.05, 0.1) is 11.5 Å². The number of aryl methyl sites for hydroxylation is 1. The number of anilines is 2. The summed E-state index contributed by atoms with van der Waals surface area (Å²) in [5, 5.41) is 18.0. The molecule has 0 aliphatic heterocycles. The lowest BCUT2D eigenvalue weighted by Gasteiger charge is -2.08. The Morgan fingerprint density at radius 1 is 1.29 bits per heavy atom. The normalized spacial score (nSPS) is 10.4. The van der Waals surface area contributed by atoms with Crippen LogP contribution in [0, 0.1) is 17.0 Å². The van der Waals surface area contributed by atoms with Gasteiger partial charge in [-0.25, -0.2) is 15.0 Å². The Bertz CT molecular complexity index is 630. The van der Waals surface area contributed by atoms with Crippen molar-refractivity contribution in [1.82, 2.24) is 15.0 Å². The first kappa shape index (κ1) is 15.1. The summed E-state index contributed by atoms with van der Waals surface area (Å²) >= 11 is 1.54. The fraction of sp³-hybridized carbons (Fsp3) is 0.417. The van der Waals surface area contributed by atoms with Gasteiger partial charge in [-0.3, -0.25) is 10.1 Å². The molecule has 9 heteroatoms. The van der Waals surface area contributed by atoms with Crippen LogP contribution in [0.4, 0.5) is 17.3 Å². The Morgan fingerprint density at radius 3 is 2.57 bits per heavy atom. The van der Waals surface area contributed by atoms with E-state index < -0.39 is 4.92 Å². The molecule has 0 saturated carbocycles. The standard InChI is InChI=1S/C12H16N6O2S/c1-3-4-13-11-10(18(19)20)12(17-7-16-11)15-6-9-14-5-8(2)21-9/h5,7H,3-4,6H2,1-2H3,(H2,13,15,16,17). The molecule has 21 heavy (non-hydrogen) atoms. The SMILES string of the molecule is CCCNc1ncnc(NCc2ncc(C)s2)c1[N+](=O)[O-]. The molecule has 2 aromatic heterocycles. The first-order valence-electron chi connectivity index (χ1n) is 6.50. The van der Waals surface area contributed by atoms with Gasteiger partial charge in [0.15, 0.2) is 0 Å². The molecule has 0 unspecified atom stereocenters. The topological polar surface area (TPSA) is 106 Å². The maximum Gasteiger partial charge on any atom is 0.353 e. The van der Waals surface area contributed by atoms with Gasteiger partial charge in [-0.2, -0.15) is 0 Å². The smallest absolute Gasteiger partial charge is 0.353 e. The quantitative estimate of drug-likeness (QED) is 0.598. The average molecular weight is 308 g/mol. The summed E-state index contributed by atoms with van der Waals surface area (Å²) < 4.78 is 0. The van der Waals surface area contributed by atoms with Crippen molar-refractivity contribution in [2.45, 2.75) is 26.8 Å². The number of nitrogens with one attached hydrogen (secondary N) is 2.